The van der Waals surface area contributed by atoms with Gasteiger partial charge in [-0.25, -0.2) is 9.78 Å². The second kappa shape index (κ2) is 8.12. The van der Waals surface area contributed by atoms with Gasteiger partial charge in [0.25, 0.3) is 5.71 Å². The molecule has 0 unspecified atom stereocenters. The normalized spacial score (nSPS) is 10.9. The number of aromatic nitrogens is 3. The molecule has 152 valence electrons. The molecule has 4 rings (SSSR count). The number of nitrogens with zero attached hydrogens (tertiary/aromatic N) is 3. The van der Waals surface area contributed by atoms with E-state index in [0.29, 0.717) is 27.5 Å². The number of fused-ring (bicyclic) bond motifs is 1. The van der Waals surface area contributed by atoms with Crippen LogP contribution in [0.2, 0.25) is 5.02 Å². The third-order valence-corrected chi connectivity index (χ3v) is 5.11. The van der Waals surface area contributed by atoms with Crippen molar-refractivity contribution in [1.82, 2.24) is 15.1 Å². The van der Waals surface area contributed by atoms with Crippen LogP contribution in [-0.2, 0) is 4.74 Å². The molecule has 2 aromatic carbocycles. The average Bonchev–Trinajstić information content (AvgIpc) is 3.16. The third-order valence-electron chi connectivity index (χ3n) is 4.78. The van der Waals surface area contributed by atoms with E-state index in [2.05, 4.69) is 20.4 Å². The van der Waals surface area contributed by atoms with Gasteiger partial charge in [0.1, 0.15) is 16.9 Å². The molecule has 1 N–H and O–H groups in total. The number of carbonyl (C=O) groups is 1. The van der Waals surface area contributed by atoms with Crippen LogP contribution in [0.15, 0.2) is 47.0 Å². The van der Waals surface area contributed by atoms with Gasteiger partial charge in [-0.15, -0.1) is 0 Å². The van der Waals surface area contributed by atoms with E-state index >= 15 is 0 Å². The first-order valence-electron chi connectivity index (χ1n) is 9.42. The summed E-state index contributed by atoms with van der Waals surface area (Å²) in [4.78, 5) is 20.9. The molecule has 4 aromatic rings. The van der Waals surface area contributed by atoms with Crippen LogP contribution in [0.4, 0.5) is 11.5 Å². The van der Waals surface area contributed by atoms with E-state index in [0.717, 1.165) is 16.8 Å². The van der Waals surface area contributed by atoms with Gasteiger partial charge < -0.3 is 14.6 Å². The molecule has 0 atom stereocenters. The van der Waals surface area contributed by atoms with Gasteiger partial charge in [0.15, 0.2) is 0 Å². The Morgan fingerprint density at radius 3 is 2.70 bits per heavy atom. The highest BCUT2D eigenvalue weighted by atomic mass is 35.5. The Morgan fingerprint density at radius 2 is 1.93 bits per heavy atom. The molecule has 0 aliphatic heterocycles. The van der Waals surface area contributed by atoms with Crippen LogP contribution >= 0.6 is 11.6 Å². The van der Waals surface area contributed by atoms with Crippen molar-refractivity contribution in [3.63, 3.8) is 0 Å². The zero-order valence-corrected chi connectivity index (χ0v) is 17.4. The fraction of sp³-hybridized carbons (Fsp3) is 0.182. The summed E-state index contributed by atoms with van der Waals surface area (Å²) in [7, 11) is 0. The summed E-state index contributed by atoms with van der Waals surface area (Å²) in [5.74, 6) is -0.369. The van der Waals surface area contributed by atoms with Gasteiger partial charge >= 0.3 is 5.97 Å². The first-order chi connectivity index (χ1) is 14.5. The van der Waals surface area contributed by atoms with E-state index in [1.165, 1.54) is 0 Å². The summed E-state index contributed by atoms with van der Waals surface area (Å²) < 4.78 is 10.5. The largest absolute Gasteiger partial charge is 0.460 e. The second-order valence-corrected chi connectivity index (χ2v) is 7.09. The Bertz CT molecular complexity index is 1250. The number of hydrogen-bond donors (Lipinski definition) is 1. The minimum Gasteiger partial charge on any atom is -0.460 e. The number of benzene rings is 2. The Morgan fingerprint density at radius 1 is 1.13 bits per heavy atom. The van der Waals surface area contributed by atoms with E-state index in [9.17, 15) is 4.79 Å². The molecule has 0 radical (unpaired) electrons. The monoisotopic (exact) mass is 422 g/mol. The molecule has 0 aliphatic carbocycles. The van der Waals surface area contributed by atoms with Crippen molar-refractivity contribution < 1.29 is 14.1 Å². The fourth-order valence-corrected chi connectivity index (χ4v) is 3.31. The summed E-state index contributed by atoms with van der Waals surface area (Å²) in [5, 5.41) is 8.51. The molecule has 30 heavy (non-hydrogen) atoms. The number of rotatable bonds is 5. The predicted molar refractivity (Wildman–Crippen MR) is 115 cm³/mol. The van der Waals surface area contributed by atoms with Crippen LogP contribution < -0.4 is 5.32 Å². The smallest absolute Gasteiger partial charge is 0.376 e. The number of carbonyl (C=O) groups excluding carboxylic acids is 1. The van der Waals surface area contributed by atoms with Crippen molar-refractivity contribution in [2.24, 2.45) is 0 Å². The minimum absolute atomic E-state index is 0.112. The molecule has 7 nitrogen and oxygen atoms in total. The first kappa shape index (κ1) is 19.8. The van der Waals surface area contributed by atoms with Gasteiger partial charge in [-0.3, -0.25) is 0 Å². The number of nitrogens with one attached hydrogen (secondary N) is 1. The summed E-state index contributed by atoms with van der Waals surface area (Å²) in [6, 6.07) is 13.2. The summed E-state index contributed by atoms with van der Waals surface area (Å²) in [5.41, 5.74) is 4.34. The van der Waals surface area contributed by atoms with Gasteiger partial charge in [-0.1, -0.05) is 47.1 Å². The van der Waals surface area contributed by atoms with Crippen LogP contribution in [0.1, 0.15) is 28.7 Å². The number of halogens is 1. The van der Waals surface area contributed by atoms with E-state index in [1.807, 2.05) is 50.2 Å². The fourth-order valence-electron chi connectivity index (χ4n) is 3.08. The van der Waals surface area contributed by atoms with Gasteiger partial charge in [0.2, 0.25) is 5.82 Å². The van der Waals surface area contributed by atoms with Gasteiger partial charge in [0, 0.05) is 11.3 Å². The molecule has 0 bridgehead atoms. The van der Waals surface area contributed by atoms with Crippen molar-refractivity contribution >= 4 is 40.2 Å². The van der Waals surface area contributed by atoms with Crippen LogP contribution in [0.5, 0.6) is 0 Å². The van der Waals surface area contributed by atoms with Crippen molar-refractivity contribution in [2.45, 2.75) is 20.8 Å². The quantitative estimate of drug-likeness (QED) is 0.426. The maximum Gasteiger partial charge on any atom is 0.376 e. The van der Waals surface area contributed by atoms with Crippen LogP contribution in [0.3, 0.4) is 0 Å². The van der Waals surface area contributed by atoms with Crippen molar-refractivity contribution in [1.29, 1.82) is 0 Å². The molecule has 0 saturated heterocycles. The maximum atomic E-state index is 12.3. The zero-order valence-electron chi connectivity index (χ0n) is 16.7. The van der Waals surface area contributed by atoms with Crippen LogP contribution in [-0.4, -0.2) is 27.7 Å². The number of ether oxygens (including phenoxy) is 1. The third kappa shape index (κ3) is 3.59. The average molecular weight is 423 g/mol. The number of hydrogen-bond acceptors (Lipinski definition) is 7. The van der Waals surface area contributed by atoms with E-state index < -0.39 is 5.97 Å². The Labute approximate surface area is 178 Å². The Hall–Kier alpha value is -3.45. The molecule has 0 amide bonds. The second-order valence-electron chi connectivity index (χ2n) is 6.68. The van der Waals surface area contributed by atoms with Crippen LogP contribution in [0.25, 0.3) is 22.4 Å². The van der Waals surface area contributed by atoms with Gasteiger partial charge in [0.05, 0.1) is 11.6 Å². The van der Waals surface area contributed by atoms with Gasteiger partial charge in [-0.2, -0.15) is 4.98 Å². The first-order valence-corrected chi connectivity index (χ1v) is 9.80. The molecule has 0 fully saturated rings. The Balaban J connectivity index is 1.94. The molecule has 0 saturated carbocycles. The van der Waals surface area contributed by atoms with Crippen molar-refractivity contribution in [2.75, 3.05) is 11.9 Å². The maximum absolute atomic E-state index is 12.3. The lowest BCUT2D eigenvalue weighted by molar-refractivity contribution is 0.0512. The lowest BCUT2D eigenvalue weighted by atomic mass is 10.1. The molecule has 0 spiro atoms. The van der Waals surface area contributed by atoms with E-state index in [4.69, 9.17) is 20.9 Å². The summed E-state index contributed by atoms with van der Waals surface area (Å²) in [6.07, 6.45) is 0. The summed E-state index contributed by atoms with van der Waals surface area (Å²) in [6.45, 7) is 5.95. The van der Waals surface area contributed by atoms with Gasteiger partial charge in [-0.05, 0) is 44.0 Å². The SMILES string of the molecule is CCOC(=O)c1nc(Nc2cccc(C)c2C)c2c(-c3ccccc3Cl)noc2n1. The zero-order chi connectivity index (χ0) is 21.3. The highest BCUT2D eigenvalue weighted by Gasteiger charge is 2.23. The highest BCUT2D eigenvalue weighted by molar-refractivity contribution is 6.33. The molecular weight excluding hydrogens is 404 g/mol. The molecule has 8 heteroatoms. The summed E-state index contributed by atoms with van der Waals surface area (Å²) >= 11 is 6.38. The molecule has 2 aromatic heterocycles. The molecule has 2 heterocycles. The van der Waals surface area contributed by atoms with Crippen molar-refractivity contribution in [3.05, 3.63) is 64.4 Å². The van der Waals surface area contributed by atoms with Crippen LogP contribution in [0, 0.1) is 13.8 Å². The lowest BCUT2D eigenvalue weighted by Gasteiger charge is -2.12. The lowest BCUT2D eigenvalue weighted by Crippen LogP contribution is -2.11. The topological polar surface area (TPSA) is 90.1 Å². The number of anilines is 2. The molecule has 0 aliphatic rings. The Kier molecular flexibility index (Phi) is 5.37. The highest BCUT2D eigenvalue weighted by Crippen LogP contribution is 2.37. The number of aryl methyl sites for hydroxylation is 1. The standard InChI is InChI=1S/C22H19ClN4O3/c1-4-29-22(28)20-25-19(24-16-11-7-8-12(2)13(16)3)17-18(27-30-21(17)26-20)14-9-5-6-10-15(14)23/h5-11H,4H2,1-3H3,(H,24,25,26). The molecular formula is C22H19ClN4O3. The predicted octanol–water partition coefficient (Wildman–Crippen LogP) is 5.48. The number of esters is 1. The minimum atomic E-state index is -0.640. The van der Waals surface area contributed by atoms with E-state index in [1.54, 1.807) is 13.0 Å². The van der Waals surface area contributed by atoms with E-state index in [-0.39, 0.29) is 18.1 Å². The van der Waals surface area contributed by atoms with Crippen molar-refractivity contribution in [3.8, 4) is 11.3 Å².